The lowest BCUT2D eigenvalue weighted by atomic mass is 10.2. The monoisotopic (exact) mass is 298 g/mol. The quantitative estimate of drug-likeness (QED) is 0.456. The van der Waals surface area contributed by atoms with Crippen molar-refractivity contribution >= 4 is 27.3 Å². The van der Waals surface area contributed by atoms with Gasteiger partial charge in [-0.2, -0.15) is 0 Å². The third-order valence-electron chi connectivity index (χ3n) is 2.32. The first kappa shape index (κ1) is 13.7. The van der Waals surface area contributed by atoms with Gasteiger partial charge in [-0.05, 0) is 18.6 Å². The van der Waals surface area contributed by atoms with Crippen LogP contribution in [0.2, 0.25) is 0 Å². The zero-order chi connectivity index (χ0) is 12.8. The van der Waals surface area contributed by atoms with Crippen LogP contribution in [0.15, 0.2) is 35.3 Å². The number of benzene rings is 1. The lowest BCUT2D eigenvalue weighted by molar-refractivity contribution is -0.384. The van der Waals surface area contributed by atoms with Crippen LogP contribution in [-0.2, 0) is 0 Å². The van der Waals surface area contributed by atoms with Gasteiger partial charge in [0.1, 0.15) is 5.69 Å². The summed E-state index contributed by atoms with van der Waals surface area (Å²) in [6, 6.07) is 5.11. The minimum atomic E-state index is -0.355. The molecule has 0 radical (unpaired) electrons. The molecule has 92 valence electrons. The summed E-state index contributed by atoms with van der Waals surface area (Å²) in [4.78, 5) is 12.6. The van der Waals surface area contributed by atoms with Crippen molar-refractivity contribution in [1.29, 1.82) is 0 Å². The van der Waals surface area contributed by atoms with Crippen LogP contribution < -0.4 is 4.90 Å². The molecule has 4 nitrogen and oxygen atoms in total. The second-order valence-electron chi connectivity index (χ2n) is 3.62. The van der Waals surface area contributed by atoms with E-state index in [1.54, 1.807) is 12.1 Å². The van der Waals surface area contributed by atoms with Crippen molar-refractivity contribution in [3.05, 3.63) is 45.4 Å². The van der Waals surface area contributed by atoms with Crippen LogP contribution in [0.3, 0.4) is 0 Å². The molecule has 0 aromatic heterocycles. The van der Waals surface area contributed by atoms with Crippen LogP contribution in [0.5, 0.6) is 0 Å². The third-order valence-corrected chi connectivity index (χ3v) is 2.81. The Labute approximate surface area is 109 Å². The normalized spacial score (nSPS) is 10.0. The van der Waals surface area contributed by atoms with Crippen molar-refractivity contribution < 1.29 is 4.92 Å². The minimum Gasteiger partial charge on any atom is -0.362 e. The molecule has 1 aromatic rings. The largest absolute Gasteiger partial charge is 0.362 e. The van der Waals surface area contributed by atoms with Crippen molar-refractivity contribution in [2.24, 2.45) is 0 Å². The molecular weight excluding hydrogens is 284 g/mol. The van der Waals surface area contributed by atoms with Gasteiger partial charge in [-0.15, -0.1) is 6.58 Å². The Bertz CT molecular complexity index is 421. The highest BCUT2D eigenvalue weighted by Gasteiger charge is 2.18. The van der Waals surface area contributed by atoms with Crippen LogP contribution in [0.25, 0.3) is 0 Å². The first-order chi connectivity index (χ1) is 8.10. The molecule has 17 heavy (non-hydrogen) atoms. The van der Waals surface area contributed by atoms with Gasteiger partial charge in [0, 0.05) is 23.6 Å². The van der Waals surface area contributed by atoms with Crippen molar-refractivity contribution in [3.63, 3.8) is 0 Å². The molecule has 5 heteroatoms. The van der Waals surface area contributed by atoms with Crippen molar-refractivity contribution in [3.8, 4) is 0 Å². The van der Waals surface area contributed by atoms with Crippen molar-refractivity contribution in [2.45, 2.75) is 13.3 Å². The Balaban J connectivity index is 3.16. The summed E-state index contributed by atoms with van der Waals surface area (Å²) in [6.07, 6.45) is 2.68. The summed E-state index contributed by atoms with van der Waals surface area (Å²) >= 11 is 3.25. The summed E-state index contributed by atoms with van der Waals surface area (Å²) in [5.41, 5.74) is 0.759. The van der Waals surface area contributed by atoms with Crippen LogP contribution in [0.1, 0.15) is 13.3 Å². The fraction of sp³-hybridized carbons (Fsp3) is 0.333. The Kier molecular flexibility index (Phi) is 5.15. The van der Waals surface area contributed by atoms with Crippen molar-refractivity contribution in [1.82, 2.24) is 0 Å². The average Bonchev–Trinajstić information content (AvgIpc) is 2.28. The fourth-order valence-electron chi connectivity index (χ4n) is 1.65. The van der Waals surface area contributed by atoms with Gasteiger partial charge in [0.05, 0.1) is 4.92 Å². The maximum atomic E-state index is 11.0. The van der Waals surface area contributed by atoms with Crippen molar-refractivity contribution in [2.75, 3.05) is 18.0 Å². The predicted molar refractivity (Wildman–Crippen MR) is 73.5 cm³/mol. The minimum absolute atomic E-state index is 0.120. The molecule has 1 rings (SSSR count). The number of nitro benzene ring substituents is 1. The van der Waals surface area contributed by atoms with E-state index in [1.165, 1.54) is 6.07 Å². The predicted octanol–water partition coefficient (Wildman–Crippen LogP) is 3.76. The summed E-state index contributed by atoms with van der Waals surface area (Å²) in [7, 11) is 0. The van der Waals surface area contributed by atoms with Crippen LogP contribution in [0.4, 0.5) is 11.4 Å². The van der Waals surface area contributed by atoms with E-state index in [4.69, 9.17) is 0 Å². The number of hydrogen-bond donors (Lipinski definition) is 0. The van der Waals surface area contributed by atoms with E-state index >= 15 is 0 Å². The zero-order valence-electron chi connectivity index (χ0n) is 9.73. The third kappa shape index (κ3) is 3.56. The zero-order valence-corrected chi connectivity index (χ0v) is 11.3. The molecule has 0 bridgehead atoms. The van der Waals surface area contributed by atoms with E-state index in [0.29, 0.717) is 16.7 Å². The second-order valence-corrected chi connectivity index (χ2v) is 4.54. The molecule has 1 aromatic carbocycles. The van der Waals surface area contributed by atoms with E-state index in [2.05, 4.69) is 22.5 Å². The van der Waals surface area contributed by atoms with E-state index in [-0.39, 0.29) is 10.6 Å². The molecule has 0 spiro atoms. The van der Waals surface area contributed by atoms with Gasteiger partial charge in [0.15, 0.2) is 0 Å². The highest BCUT2D eigenvalue weighted by molar-refractivity contribution is 9.10. The molecule has 0 aliphatic rings. The van der Waals surface area contributed by atoms with Gasteiger partial charge in [-0.3, -0.25) is 10.1 Å². The highest BCUT2D eigenvalue weighted by atomic mass is 79.9. The number of anilines is 1. The van der Waals surface area contributed by atoms with Crippen LogP contribution in [0, 0.1) is 10.1 Å². The molecule has 0 aliphatic carbocycles. The average molecular weight is 299 g/mol. The molecule has 0 saturated carbocycles. The van der Waals surface area contributed by atoms with E-state index < -0.39 is 0 Å². The molecule has 0 N–H and O–H groups in total. The Morgan fingerprint density at radius 3 is 2.82 bits per heavy atom. The Morgan fingerprint density at radius 1 is 1.59 bits per heavy atom. The fourth-order valence-corrected chi connectivity index (χ4v) is 2.00. The topological polar surface area (TPSA) is 46.4 Å². The molecule has 0 heterocycles. The van der Waals surface area contributed by atoms with Crippen LogP contribution >= 0.6 is 15.9 Å². The van der Waals surface area contributed by atoms with Gasteiger partial charge in [-0.25, -0.2) is 0 Å². The number of hydrogen-bond acceptors (Lipinski definition) is 3. The first-order valence-electron chi connectivity index (χ1n) is 5.40. The number of nitrogens with zero attached hydrogens (tertiary/aromatic N) is 2. The summed E-state index contributed by atoms with van der Waals surface area (Å²) in [5, 5.41) is 11.0. The maximum absolute atomic E-state index is 11.0. The lowest BCUT2D eigenvalue weighted by Gasteiger charge is -2.22. The summed E-state index contributed by atoms with van der Waals surface area (Å²) in [5.74, 6) is 0. The lowest BCUT2D eigenvalue weighted by Crippen LogP contribution is -2.24. The maximum Gasteiger partial charge on any atom is 0.293 e. The molecule has 0 amide bonds. The molecule has 0 unspecified atom stereocenters. The Morgan fingerprint density at radius 2 is 2.29 bits per heavy atom. The summed E-state index contributed by atoms with van der Waals surface area (Å²) in [6.45, 7) is 7.10. The van der Waals surface area contributed by atoms with Gasteiger partial charge in [0.2, 0.25) is 0 Å². The number of rotatable bonds is 6. The highest BCUT2D eigenvalue weighted by Crippen LogP contribution is 2.31. The van der Waals surface area contributed by atoms with Gasteiger partial charge in [-0.1, -0.05) is 28.9 Å². The Hall–Kier alpha value is -1.36. The van der Waals surface area contributed by atoms with E-state index in [0.717, 1.165) is 13.0 Å². The van der Waals surface area contributed by atoms with Gasteiger partial charge < -0.3 is 4.90 Å². The molecule has 0 saturated heterocycles. The number of halogens is 1. The first-order valence-corrected chi connectivity index (χ1v) is 6.19. The SMILES string of the molecule is C=CCN(CCC)c1ccc(Br)cc1[N+](=O)[O-]. The van der Waals surface area contributed by atoms with Gasteiger partial charge >= 0.3 is 0 Å². The molecule has 0 fully saturated rings. The van der Waals surface area contributed by atoms with Gasteiger partial charge in [0.25, 0.3) is 5.69 Å². The molecular formula is C12H15BrN2O2. The number of nitro groups is 1. The second kappa shape index (κ2) is 6.39. The molecule has 0 aliphatic heterocycles. The summed E-state index contributed by atoms with van der Waals surface area (Å²) < 4.78 is 0.711. The molecule has 0 atom stereocenters. The van der Waals surface area contributed by atoms with E-state index in [1.807, 2.05) is 17.9 Å². The van der Waals surface area contributed by atoms with E-state index in [9.17, 15) is 10.1 Å². The standard InChI is InChI=1S/C12H15BrN2O2/c1-3-7-14(8-4-2)11-6-5-10(13)9-12(11)15(16)17/h3,5-6,9H,1,4,7-8H2,2H3. The smallest absolute Gasteiger partial charge is 0.293 e. The van der Waals surface area contributed by atoms with Crippen LogP contribution in [-0.4, -0.2) is 18.0 Å².